The molecule has 2 fully saturated rings. The highest BCUT2D eigenvalue weighted by molar-refractivity contribution is 7.14. The molecule has 0 spiro atoms. The molecule has 1 aromatic carbocycles. The Bertz CT molecular complexity index is 1860. The Morgan fingerprint density at radius 3 is 2.51 bits per heavy atom. The highest BCUT2D eigenvalue weighted by Crippen LogP contribution is 2.34. The first-order valence-corrected chi connectivity index (χ1v) is 20.4. The molecule has 3 aliphatic rings. The van der Waals surface area contributed by atoms with Gasteiger partial charge in [-0.2, -0.15) is 0 Å². The zero-order chi connectivity index (χ0) is 38.9. The van der Waals surface area contributed by atoms with Crippen molar-refractivity contribution in [3.8, 4) is 22.9 Å². The number of methoxy groups -OCH3 is 1. The molecule has 296 valence electrons. The number of anilines is 1. The third-order valence-electron chi connectivity index (χ3n) is 10.4. The largest absolute Gasteiger partial charge is 0.497 e. The number of pyridine rings is 1. The van der Waals surface area contributed by atoms with E-state index in [9.17, 15) is 24.3 Å². The molecule has 3 amide bonds. The van der Waals surface area contributed by atoms with Crippen molar-refractivity contribution in [3.05, 3.63) is 41.8 Å². The number of nitrogens with zero attached hydrogens (tertiary/aromatic N) is 2. The fraction of sp³-hybridized carbons (Fsp3) is 0.550. The maximum atomic E-state index is 14.5. The first-order valence-electron chi connectivity index (χ1n) is 19.5. The van der Waals surface area contributed by atoms with Crippen LogP contribution in [-0.2, 0) is 19.1 Å². The number of allylic oxidation sites excluding steroid dienone is 2. The molecule has 2 aliphatic heterocycles. The van der Waals surface area contributed by atoms with Crippen LogP contribution < -0.4 is 30.3 Å². The van der Waals surface area contributed by atoms with Crippen molar-refractivity contribution in [3.63, 3.8) is 0 Å². The van der Waals surface area contributed by atoms with Crippen LogP contribution in [0.4, 0.5) is 9.93 Å². The van der Waals surface area contributed by atoms with Gasteiger partial charge in [-0.05, 0) is 83.8 Å². The van der Waals surface area contributed by atoms with Crippen LogP contribution in [0, 0.1) is 0 Å². The molecule has 0 radical (unpaired) electrons. The van der Waals surface area contributed by atoms with E-state index in [0.29, 0.717) is 58.0 Å². The van der Waals surface area contributed by atoms with Crippen LogP contribution in [0.3, 0.4) is 0 Å². The van der Waals surface area contributed by atoms with Crippen LogP contribution in [0.15, 0.2) is 41.8 Å². The molecule has 1 saturated heterocycles. The van der Waals surface area contributed by atoms with Crippen LogP contribution in [0.1, 0.15) is 90.9 Å². The lowest BCUT2D eigenvalue weighted by Crippen LogP contribution is -3.19. The van der Waals surface area contributed by atoms with Gasteiger partial charge < -0.3 is 35.3 Å². The minimum Gasteiger partial charge on any atom is -0.497 e. The molecule has 3 aromatic rings. The van der Waals surface area contributed by atoms with Crippen LogP contribution in [0.2, 0.25) is 0 Å². The number of ether oxygens (including phenoxy) is 3. The topological polar surface area (TPSA) is 183 Å². The molecule has 14 nitrogen and oxygen atoms in total. The number of alkyl carbamates (subject to hydrolysis) is 1. The monoisotopic (exact) mass is 777 g/mol. The molecule has 4 heterocycles. The van der Waals surface area contributed by atoms with E-state index >= 15 is 0 Å². The van der Waals surface area contributed by atoms with E-state index in [1.807, 2.05) is 55.6 Å². The Hall–Kier alpha value is -4.76. The van der Waals surface area contributed by atoms with Crippen molar-refractivity contribution in [2.24, 2.45) is 0 Å². The number of amides is 3. The standard InChI is InChI=1S/C40H52N6O8S/c1-24(2)41-39-44-33(23-55-39)32-21-35(28-18-17-26(52-3)19-31(28)42-32)53-27-20-34-36(47)43-30(38(49)50)16-10-8-6-4-5-7-9-15-29(37(48)46(34)22-27)45-40(51)54-25-13-11-12-14-25/h6,8,17-19,21,23-25,27,29-30,34H,4-5,7,9-16,20,22H2,1-3H3,(H,41,44)(H,43,47)(H,45,51)(H,49,50)/p+1. The van der Waals surface area contributed by atoms with Gasteiger partial charge in [-0.3, -0.25) is 9.69 Å². The van der Waals surface area contributed by atoms with Gasteiger partial charge in [0.05, 0.1) is 24.7 Å². The fourth-order valence-corrected chi connectivity index (χ4v) is 8.41. The van der Waals surface area contributed by atoms with Crippen LogP contribution >= 0.6 is 11.3 Å². The van der Waals surface area contributed by atoms with E-state index < -0.39 is 42.2 Å². The molecule has 1 aliphatic carbocycles. The molecule has 0 bridgehead atoms. The number of carboxylic acids is 1. The van der Waals surface area contributed by atoms with Crippen molar-refractivity contribution in [1.29, 1.82) is 0 Å². The van der Waals surface area contributed by atoms with E-state index in [-0.39, 0.29) is 37.4 Å². The average molecular weight is 778 g/mol. The number of aliphatic carboxylic acids is 1. The van der Waals surface area contributed by atoms with Gasteiger partial charge in [0.1, 0.15) is 41.9 Å². The van der Waals surface area contributed by atoms with E-state index in [0.717, 1.165) is 50.1 Å². The second-order valence-electron chi connectivity index (χ2n) is 14.9. The first-order chi connectivity index (χ1) is 26.6. The maximum absolute atomic E-state index is 14.5. The van der Waals surface area contributed by atoms with E-state index in [4.69, 9.17) is 24.2 Å². The second-order valence-corrected chi connectivity index (χ2v) is 15.8. The highest BCUT2D eigenvalue weighted by Gasteiger charge is 2.49. The highest BCUT2D eigenvalue weighted by atomic mass is 32.1. The number of carbonyl (C=O) groups excluding carboxylic acids is 3. The summed E-state index contributed by atoms with van der Waals surface area (Å²) in [6.07, 6.45) is 10.6. The first kappa shape index (κ1) is 39.9. The molecule has 5 unspecified atom stereocenters. The lowest BCUT2D eigenvalue weighted by molar-refractivity contribution is -0.825. The van der Waals surface area contributed by atoms with E-state index in [1.54, 1.807) is 7.11 Å². The van der Waals surface area contributed by atoms with Gasteiger partial charge in [-0.25, -0.2) is 24.4 Å². The van der Waals surface area contributed by atoms with Gasteiger partial charge in [0.15, 0.2) is 17.3 Å². The molecular weight excluding hydrogens is 725 g/mol. The number of fused-ring (bicyclic) bond motifs is 2. The average Bonchev–Trinajstić information content (AvgIpc) is 3.94. The number of rotatable bonds is 9. The lowest BCUT2D eigenvalue weighted by atomic mass is 10.0. The molecular formula is C40H53N6O8S+. The fourth-order valence-electron chi connectivity index (χ4n) is 7.56. The summed E-state index contributed by atoms with van der Waals surface area (Å²) >= 11 is 1.47. The van der Waals surface area contributed by atoms with Crippen molar-refractivity contribution in [2.45, 2.75) is 127 Å². The number of hydrogen-bond donors (Lipinski definition) is 5. The van der Waals surface area contributed by atoms with Crippen LogP contribution in [-0.4, -0.2) is 89.0 Å². The van der Waals surface area contributed by atoms with Crippen LogP contribution in [0.5, 0.6) is 11.5 Å². The van der Waals surface area contributed by atoms with E-state index in [2.05, 4.69) is 16.0 Å². The Labute approximate surface area is 325 Å². The Balaban J connectivity index is 1.31. The van der Waals surface area contributed by atoms with Gasteiger partial charge >= 0.3 is 18.0 Å². The third-order valence-corrected chi connectivity index (χ3v) is 11.2. The summed E-state index contributed by atoms with van der Waals surface area (Å²) in [6, 6.07) is 4.50. The maximum Gasteiger partial charge on any atom is 0.408 e. The molecule has 5 atom stereocenters. The number of hydrogen-bond acceptors (Lipinski definition) is 11. The zero-order valence-electron chi connectivity index (χ0n) is 31.8. The third kappa shape index (κ3) is 10.5. The van der Waals surface area contributed by atoms with Gasteiger partial charge in [0.2, 0.25) is 0 Å². The van der Waals surface area contributed by atoms with Gasteiger partial charge in [0, 0.05) is 28.9 Å². The number of carboxylic acid groups (broad SMARTS) is 1. The van der Waals surface area contributed by atoms with Gasteiger partial charge in [0.25, 0.3) is 5.91 Å². The number of carbonyl (C=O) groups is 4. The summed E-state index contributed by atoms with van der Waals surface area (Å²) in [5, 5.41) is 22.3. The number of nitrogens with one attached hydrogen (secondary N) is 4. The van der Waals surface area contributed by atoms with Gasteiger partial charge in [-0.1, -0.05) is 25.0 Å². The number of aromatic nitrogens is 2. The van der Waals surface area contributed by atoms with Crippen molar-refractivity contribution >= 4 is 51.2 Å². The normalized spacial score (nSPS) is 24.3. The summed E-state index contributed by atoms with van der Waals surface area (Å²) in [5.41, 5.74) is 1.86. The molecule has 2 aromatic heterocycles. The molecule has 1 saturated carbocycles. The van der Waals surface area contributed by atoms with Crippen molar-refractivity contribution < 1.29 is 43.4 Å². The Morgan fingerprint density at radius 2 is 1.75 bits per heavy atom. The number of benzene rings is 1. The molecule has 55 heavy (non-hydrogen) atoms. The summed E-state index contributed by atoms with van der Waals surface area (Å²) in [6.45, 7) is 4.19. The summed E-state index contributed by atoms with van der Waals surface area (Å²) in [7, 11) is 1.58. The lowest BCUT2D eigenvalue weighted by Gasteiger charge is -2.25. The summed E-state index contributed by atoms with van der Waals surface area (Å²) in [5.74, 6) is -0.939. The van der Waals surface area contributed by atoms with Gasteiger partial charge in [-0.15, -0.1) is 11.3 Å². The summed E-state index contributed by atoms with van der Waals surface area (Å²) < 4.78 is 17.9. The van der Waals surface area contributed by atoms with Crippen molar-refractivity contribution in [1.82, 2.24) is 20.6 Å². The van der Waals surface area contributed by atoms with Crippen molar-refractivity contribution in [2.75, 3.05) is 19.0 Å². The number of thiazole rings is 1. The minimum absolute atomic E-state index is 0.113. The van der Waals surface area contributed by atoms with Crippen LogP contribution in [0.25, 0.3) is 22.3 Å². The Kier molecular flexibility index (Phi) is 13.6. The second kappa shape index (κ2) is 18.7. The predicted octanol–water partition coefficient (Wildman–Crippen LogP) is 5.03. The summed E-state index contributed by atoms with van der Waals surface area (Å²) in [4.78, 5) is 63.9. The SMILES string of the molecule is COc1ccc2c(OC3CC4C(=O)NC(C(=O)O)CCC=CCCCCCC(NC(=O)OC5CCCC5)C(=O)[NH+]4C3)cc(-c3csc(NC(C)C)n3)nc2c1. The minimum atomic E-state index is -1.14. The molecule has 15 heteroatoms. The smallest absolute Gasteiger partial charge is 0.408 e. The Morgan fingerprint density at radius 1 is 0.964 bits per heavy atom. The molecule has 6 rings (SSSR count). The zero-order valence-corrected chi connectivity index (χ0v) is 32.6. The predicted molar refractivity (Wildman–Crippen MR) is 209 cm³/mol. The number of quaternary nitrogens is 1. The molecule has 5 N–H and O–H groups in total. The quantitative estimate of drug-likeness (QED) is 0.184. The van der Waals surface area contributed by atoms with E-state index in [1.165, 1.54) is 11.3 Å².